The van der Waals surface area contributed by atoms with Crippen LogP contribution in [0, 0.1) is 0 Å². The standard InChI is InChI=1S/C20H17NO/c22-20(13-11-16-6-2-1-3-7-16)21-15-17-10-12-18-8-4-5-9-19(18)14-17/h1-14H,15H2,(H,21,22)/b13-11+. The van der Waals surface area contributed by atoms with Crippen molar-refractivity contribution in [2.45, 2.75) is 6.54 Å². The summed E-state index contributed by atoms with van der Waals surface area (Å²) in [5.41, 5.74) is 2.11. The van der Waals surface area contributed by atoms with E-state index >= 15 is 0 Å². The van der Waals surface area contributed by atoms with Crippen LogP contribution in [0.4, 0.5) is 0 Å². The molecule has 2 nitrogen and oxygen atoms in total. The van der Waals surface area contributed by atoms with E-state index < -0.39 is 0 Å². The number of benzene rings is 3. The molecule has 1 amide bonds. The maximum atomic E-state index is 11.9. The molecule has 0 aliphatic rings. The molecule has 0 atom stereocenters. The zero-order valence-corrected chi connectivity index (χ0v) is 12.2. The van der Waals surface area contributed by atoms with Crippen LogP contribution in [0.1, 0.15) is 11.1 Å². The Morgan fingerprint density at radius 1 is 0.864 bits per heavy atom. The fraction of sp³-hybridized carbons (Fsp3) is 0.0500. The fourth-order valence-corrected chi connectivity index (χ4v) is 2.33. The zero-order chi connectivity index (χ0) is 15.2. The summed E-state index contributed by atoms with van der Waals surface area (Å²) in [5.74, 6) is -0.0861. The van der Waals surface area contributed by atoms with Gasteiger partial charge in [0, 0.05) is 12.6 Å². The first-order valence-electron chi connectivity index (χ1n) is 7.30. The third-order valence-corrected chi connectivity index (χ3v) is 3.51. The number of fused-ring (bicyclic) bond motifs is 1. The summed E-state index contributed by atoms with van der Waals surface area (Å²) >= 11 is 0. The highest BCUT2D eigenvalue weighted by molar-refractivity contribution is 5.91. The fourth-order valence-electron chi connectivity index (χ4n) is 2.33. The maximum absolute atomic E-state index is 11.9. The van der Waals surface area contributed by atoms with E-state index in [0.29, 0.717) is 6.54 Å². The molecule has 0 saturated heterocycles. The number of carbonyl (C=O) groups is 1. The number of rotatable bonds is 4. The SMILES string of the molecule is O=C(/C=C/c1ccccc1)NCc1ccc2ccccc2c1. The lowest BCUT2D eigenvalue weighted by atomic mass is 10.1. The van der Waals surface area contributed by atoms with Crippen molar-refractivity contribution in [2.24, 2.45) is 0 Å². The Morgan fingerprint density at radius 2 is 1.59 bits per heavy atom. The van der Waals surface area contributed by atoms with Crippen LogP contribution in [0.3, 0.4) is 0 Å². The molecule has 0 aliphatic carbocycles. The molecule has 0 spiro atoms. The Balaban J connectivity index is 1.61. The molecule has 108 valence electrons. The Morgan fingerprint density at radius 3 is 2.41 bits per heavy atom. The lowest BCUT2D eigenvalue weighted by Crippen LogP contribution is -2.20. The molecule has 0 saturated carbocycles. The minimum absolute atomic E-state index is 0.0861. The molecular weight excluding hydrogens is 270 g/mol. The molecule has 22 heavy (non-hydrogen) atoms. The summed E-state index contributed by atoms with van der Waals surface area (Å²) in [4.78, 5) is 11.9. The van der Waals surface area contributed by atoms with Gasteiger partial charge < -0.3 is 5.32 Å². The van der Waals surface area contributed by atoms with Crippen LogP contribution in [0.15, 0.2) is 78.9 Å². The monoisotopic (exact) mass is 287 g/mol. The Bertz CT molecular complexity index is 806. The van der Waals surface area contributed by atoms with Crippen molar-refractivity contribution in [3.05, 3.63) is 90.0 Å². The van der Waals surface area contributed by atoms with E-state index in [1.165, 1.54) is 10.8 Å². The van der Waals surface area contributed by atoms with E-state index in [1.807, 2.05) is 54.6 Å². The van der Waals surface area contributed by atoms with Gasteiger partial charge in [-0.2, -0.15) is 0 Å². The van der Waals surface area contributed by atoms with E-state index in [4.69, 9.17) is 0 Å². The van der Waals surface area contributed by atoms with Crippen molar-refractivity contribution < 1.29 is 4.79 Å². The molecule has 1 N–H and O–H groups in total. The molecule has 0 aliphatic heterocycles. The van der Waals surface area contributed by atoms with Crippen LogP contribution in [-0.2, 0) is 11.3 Å². The minimum atomic E-state index is -0.0861. The van der Waals surface area contributed by atoms with E-state index in [9.17, 15) is 4.79 Å². The quantitative estimate of drug-likeness (QED) is 0.717. The second-order valence-electron chi connectivity index (χ2n) is 5.14. The van der Waals surface area contributed by atoms with Crippen molar-refractivity contribution in [1.82, 2.24) is 5.32 Å². The third-order valence-electron chi connectivity index (χ3n) is 3.51. The van der Waals surface area contributed by atoms with Crippen LogP contribution < -0.4 is 5.32 Å². The summed E-state index contributed by atoms with van der Waals surface area (Å²) in [5, 5.41) is 5.31. The van der Waals surface area contributed by atoms with Crippen LogP contribution in [0.5, 0.6) is 0 Å². The van der Waals surface area contributed by atoms with Crippen molar-refractivity contribution in [3.8, 4) is 0 Å². The second-order valence-corrected chi connectivity index (χ2v) is 5.14. The molecule has 3 rings (SSSR count). The lowest BCUT2D eigenvalue weighted by Gasteiger charge is -2.04. The van der Waals surface area contributed by atoms with Gasteiger partial charge in [-0.25, -0.2) is 0 Å². The van der Waals surface area contributed by atoms with E-state index in [2.05, 4.69) is 29.6 Å². The highest BCUT2D eigenvalue weighted by atomic mass is 16.1. The van der Waals surface area contributed by atoms with Crippen molar-refractivity contribution in [2.75, 3.05) is 0 Å². The molecule has 3 aromatic rings. The number of carbonyl (C=O) groups excluding carboxylic acids is 1. The molecule has 3 aromatic carbocycles. The van der Waals surface area contributed by atoms with Gasteiger partial charge in [-0.3, -0.25) is 4.79 Å². The normalized spacial score (nSPS) is 10.9. The van der Waals surface area contributed by atoms with Gasteiger partial charge in [0.05, 0.1) is 0 Å². The first-order valence-corrected chi connectivity index (χ1v) is 7.30. The zero-order valence-electron chi connectivity index (χ0n) is 12.2. The minimum Gasteiger partial charge on any atom is -0.348 e. The number of hydrogen-bond acceptors (Lipinski definition) is 1. The van der Waals surface area contributed by atoms with Crippen LogP contribution in [0.2, 0.25) is 0 Å². The van der Waals surface area contributed by atoms with Gasteiger partial charge in [0.15, 0.2) is 0 Å². The molecule has 0 aromatic heterocycles. The molecule has 0 fully saturated rings. The molecule has 0 heterocycles. The summed E-state index contributed by atoms with van der Waals surface area (Å²) < 4.78 is 0. The van der Waals surface area contributed by atoms with E-state index in [-0.39, 0.29) is 5.91 Å². The van der Waals surface area contributed by atoms with Gasteiger partial charge in [0.1, 0.15) is 0 Å². The highest BCUT2D eigenvalue weighted by Gasteiger charge is 1.99. The number of nitrogens with one attached hydrogen (secondary N) is 1. The van der Waals surface area contributed by atoms with Gasteiger partial charge in [0.25, 0.3) is 0 Å². The van der Waals surface area contributed by atoms with Gasteiger partial charge in [-0.15, -0.1) is 0 Å². The van der Waals surface area contributed by atoms with Crippen LogP contribution in [0.25, 0.3) is 16.8 Å². The second kappa shape index (κ2) is 6.72. The van der Waals surface area contributed by atoms with Crippen LogP contribution >= 0.6 is 0 Å². The van der Waals surface area contributed by atoms with Gasteiger partial charge in [-0.05, 0) is 34.0 Å². The predicted molar refractivity (Wildman–Crippen MR) is 91.3 cm³/mol. The molecule has 0 radical (unpaired) electrons. The smallest absolute Gasteiger partial charge is 0.244 e. The maximum Gasteiger partial charge on any atom is 0.244 e. The first kappa shape index (κ1) is 14.1. The first-order chi connectivity index (χ1) is 10.8. The number of hydrogen-bond donors (Lipinski definition) is 1. The van der Waals surface area contributed by atoms with Crippen LogP contribution in [-0.4, -0.2) is 5.91 Å². The molecule has 0 bridgehead atoms. The Labute approximate surface area is 130 Å². The number of amides is 1. The van der Waals surface area contributed by atoms with Crippen molar-refractivity contribution in [1.29, 1.82) is 0 Å². The molecule has 0 unspecified atom stereocenters. The van der Waals surface area contributed by atoms with Gasteiger partial charge >= 0.3 is 0 Å². The van der Waals surface area contributed by atoms with Crippen molar-refractivity contribution in [3.63, 3.8) is 0 Å². The summed E-state index contributed by atoms with van der Waals surface area (Å²) in [6.07, 6.45) is 3.38. The summed E-state index contributed by atoms with van der Waals surface area (Å²) in [7, 11) is 0. The van der Waals surface area contributed by atoms with Gasteiger partial charge in [-0.1, -0.05) is 66.7 Å². The van der Waals surface area contributed by atoms with E-state index in [1.54, 1.807) is 6.08 Å². The largest absolute Gasteiger partial charge is 0.348 e. The Kier molecular flexibility index (Phi) is 4.30. The highest BCUT2D eigenvalue weighted by Crippen LogP contribution is 2.15. The average molecular weight is 287 g/mol. The summed E-state index contributed by atoms with van der Waals surface area (Å²) in [6.45, 7) is 0.531. The third kappa shape index (κ3) is 3.61. The Hall–Kier alpha value is -2.87. The average Bonchev–Trinajstić information content (AvgIpc) is 2.59. The summed E-state index contributed by atoms with van der Waals surface area (Å²) in [6, 6.07) is 24.2. The van der Waals surface area contributed by atoms with E-state index in [0.717, 1.165) is 11.1 Å². The molecular formula is C20H17NO. The van der Waals surface area contributed by atoms with Crippen molar-refractivity contribution >= 4 is 22.8 Å². The lowest BCUT2D eigenvalue weighted by molar-refractivity contribution is -0.116. The van der Waals surface area contributed by atoms with Gasteiger partial charge in [0.2, 0.25) is 5.91 Å². The molecule has 2 heteroatoms. The predicted octanol–water partition coefficient (Wildman–Crippen LogP) is 4.17. The topological polar surface area (TPSA) is 29.1 Å².